The molecule has 0 unspecified atom stereocenters. The van der Waals surface area contributed by atoms with Crippen LogP contribution in [0.1, 0.15) is 19.3 Å². The lowest BCUT2D eigenvalue weighted by Crippen LogP contribution is -2.25. The van der Waals surface area contributed by atoms with Gasteiger partial charge in [-0.1, -0.05) is 18.2 Å². The van der Waals surface area contributed by atoms with Crippen molar-refractivity contribution in [1.29, 1.82) is 0 Å². The van der Waals surface area contributed by atoms with Crippen LogP contribution >= 0.6 is 0 Å². The summed E-state index contributed by atoms with van der Waals surface area (Å²) in [4.78, 5) is 27.6. The molecule has 1 aromatic rings. The summed E-state index contributed by atoms with van der Waals surface area (Å²) in [5.41, 5.74) is 0. The molecule has 0 aliphatic heterocycles. The standard InChI is InChI=1S/C13H17NO4/c1-14(17-2)12(15)9-6-10-13(16)18-11-7-4-3-5-8-11/h3-5,7-8H,6,9-10H2,1-2H3. The fourth-order valence-corrected chi connectivity index (χ4v) is 1.31. The Morgan fingerprint density at radius 1 is 1.17 bits per heavy atom. The van der Waals surface area contributed by atoms with E-state index in [0.717, 1.165) is 5.06 Å². The average Bonchev–Trinajstić information content (AvgIpc) is 2.38. The molecule has 0 N–H and O–H groups in total. The van der Waals surface area contributed by atoms with E-state index in [-0.39, 0.29) is 24.7 Å². The minimum atomic E-state index is -0.339. The highest BCUT2D eigenvalue weighted by atomic mass is 16.7. The van der Waals surface area contributed by atoms with Gasteiger partial charge in [0.05, 0.1) is 7.11 Å². The fraction of sp³-hybridized carbons (Fsp3) is 0.385. The van der Waals surface area contributed by atoms with Gasteiger partial charge in [-0.05, 0) is 18.6 Å². The summed E-state index contributed by atoms with van der Waals surface area (Å²) in [5, 5.41) is 1.14. The molecule has 1 amide bonds. The molecular weight excluding hydrogens is 234 g/mol. The second-order valence-electron chi connectivity index (χ2n) is 3.71. The maximum Gasteiger partial charge on any atom is 0.311 e. The molecule has 5 nitrogen and oxygen atoms in total. The molecule has 18 heavy (non-hydrogen) atoms. The van der Waals surface area contributed by atoms with Crippen LogP contribution in [0, 0.1) is 0 Å². The number of carbonyl (C=O) groups excluding carboxylic acids is 2. The van der Waals surface area contributed by atoms with E-state index in [4.69, 9.17) is 9.57 Å². The second kappa shape index (κ2) is 7.45. The summed E-state index contributed by atoms with van der Waals surface area (Å²) in [6, 6.07) is 8.85. The smallest absolute Gasteiger partial charge is 0.311 e. The van der Waals surface area contributed by atoms with Crippen LogP contribution in [0.5, 0.6) is 5.75 Å². The first-order chi connectivity index (χ1) is 8.63. The first kappa shape index (κ1) is 14.2. The van der Waals surface area contributed by atoms with Crippen LogP contribution in [0.15, 0.2) is 30.3 Å². The molecule has 0 saturated carbocycles. The van der Waals surface area contributed by atoms with Gasteiger partial charge in [0.25, 0.3) is 0 Å². The van der Waals surface area contributed by atoms with Crippen LogP contribution < -0.4 is 4.74 Å². The Morgan fingerprint density at radius 3 is 2.44 bits per heavy atom. The number of ether oxygens (including phenoxy) is 1. The SMILES string of the molecule is CON(C)C(=O)CCCC(=O)Oc1ccccc1. The molecule has 0 aliphatic carbocycles. The predicted octanol–water partition coefficient (Wildman–Crippen LogP) is 1.78. The lowest BCUT2D eigenvalue weighted by molar-refractivity contribution is -0.168. The summed E-state index contributed by atoms with van der Waals surface area (Å²) >= 11 is 0. The van der Waals surface area contributed by atoms with Gasteiger partial charge in [0, 0.05) is 19.9 Å². The van der Waals surface area contributed by atoms with Crippen molar-refractivity contribution < 1.29 is 19.2 Å². The molecule has 0 saturated heterocycles. The van der Waals surface area contributed by atoms with Gasteiger partial charge in [-0.2, -0.15) is 0 Å². The van der Waals surface area contributed by atoms with E-state index in [1.54, 1.807) is 24.3 Å². The van der Waals surface area contributed by atoms with Crippen LogP contribution in [-0.4, -0.2) is 31.1 Å². The third kappa shape index (κ3) is 4.97. The van der Waals surface area contributed by atoms with Gasteiger partial charge in [-0.3, -0.25) is 14.4 Å². The molecule has 98 valence electrons. The van der Waals surface area contributed by atoms with Gasteiger partial charge in [0.2, 0.25) is 5.91 Å². The fourth-order valence-electron chi connectivity index (χ4n) is 1.31. The first-order valence-corrected chi connectivity index (χ1v) is 5.70. The van der Waals surface area contributed by atoms with E-state index in [1.165, 1.54) is 14.2 Å². The van der Waals surface area contributed by atoms with Crippen molar-refractivity contribution in [2.75, 3.05) is 14.2 Å². The summed E-state index contributed by atoms with van der Waals surface area (Å²) in [7, 11) is 2.95. The third-order valence-corrected chi connectivity index (χ3v) is 2.37. The maximum absolute atomic E-state index is 11.5. The predicted molar refractivity (Wildman–Crippen MR) is 65.7 cm³/mol. The topological polar surface area (TPSA) is 55.8 Å². The zero-order chi connectivity index (χ0) is 13.4. The number of amides is 1. The summed E-state index contributed by atoms with van der Waals surface area (Å²) in [5.74, 6) is 0.0157. The van der Waals surface area contributed by atoms with Crippen molar-refractivity contribution in [2.24, 2.45) is 0 Å². The highest BCUT2D eigenvalue weighted by Crippen LogP contribution is 2.10. The molecule has 0 radical (unpaired) electrons. The van der Waals surface area contributed by atoms with Gasteiger partial charge in [-0.15, -0.1) is 0 Å². The van der Waals surface area contributed by atoms with E-state index in [0.29, 0.717) is 12.2 Å². The molecule has 0 atom stereocenters. The largest absolute Gasteiger partial charge is 0.427 e. The van der Waals surface area contributed by atoms with Gasteiger partial charge in [0.15, 0.2) is 0 Å². The minimum Gasteiger partial charge on any atom is -0.427 e. The Kier molecular flexibility index (Phi) is 5.87. The molecule has 0 heterocycles. The molecule has 5 heteroatoms. The highest BCUT2D eigenvalue weighted by molar-refractivity contribution is 5.76. The Labute approximate surface area is 106 Å². The molecule has 0 aromatic heterocycles. The Balaban J connectivity index is 2.24. The number of hydrogen-bond acceptors (Lipinski definition) is 4. The monoisotopic (exact) mass is 251 g/mol. The normalized spacial score (nSPS) is 9.89. The second-order valence-corrected chi connectivity index (χ2v) is 3.71. The van der Waals surface area contributed by atoms with Crippen LogP contribution in [0.3, 0.4) is 0 Å². The summed E-state index contributed by atoms with van der Waals surface area (Å²) < 4.78 is 5.09. The van der Waals surface area contributed by atoms with Gasteiger partial charge >= 0.3 is 5.97 Å². The van der Waals surface area contributed by atoms with Crippen molar-refractivity contribution in [1.82, 2.24) is 5.06 Å². The van der Waals surface area contributed by atoms with Gasteiger partial charge < -0.3 is 4.74 Å². The molecule has 1 rings (SSSR count). The molecule has 0 fully saturated rings. The lowest BCUT2D eigenvalue weighted by Gasteiger charge is -2.12. The lowest BCUT2D eigenvalue weighted by atomic mass is 10.2. The zero-order valence-corrected chi connectivity index (χ0v) is 10.6. The Morgan fingerprint density at radius 2 is 1.83 bits per heavy atom. The molecule has 0 spiro atoms. The van der Waals surface area contributed by atoms with Crippen molar-refractivity contribution in [3.8, 4) is 5.75 Å². The summed E-state index contributed by atoms with van der Waals surface area (Å²) in [6.45, 7) is 0. The summed E-state index contributed by atoms with van der Waals surface area (Å²) in [6.07, 6.45) is 0.907. The Hall–Kier alpha value is -1.88. The number of esters is 1. The van der Waals surface area contributed by atoms with Gasteiger partial charge in [-0.25, -0.2) is 5.06 Å². The van der Waals surface area contributed by atoms with Crippen molar-refractivity contribution in [3.05, 3.63) is 30.3 Å². The van der Waals surface area contributed by atoms with Crippen LogP contribution in [-0.2, 0) is 14.4 Å². The number of para-hydroxylation sites is 1. The van der Waals surface area contributed by atoms with Crippen molar-refractivity contribution in [2.45, 2.75) is 19.3 Å². The minimum absolute atomic E-state index is 0.162. The number of hydroxylamine groups is 2. The number of hydrogen-bond donors (Lipinski definition) is 0. The molecular formula is C13H17NO4. The van der Waals surface area contributed by atoms with E-state index < -0.39 is 0 Å². The van der Waals surface area contributed by atoms with E-state index in [9.17, 15) is 9.59 Å². The molecule has 1 aromatic carbocycles. The number of rotatable bonds is 6. The average molecular weight is 251 g/mol. The number of benzene rings is 1. The number of carbonyl (C=O) groups is 2. The Bertz CT molecular complexity index is 391. The van der Waals surface area contributed by atoms with Crippen molar-refractivity contribution in [3.63, 3.8) is 0 Å². The zero-order valence-electron chi connectivity index (χ0n) is 10.6. The maximum atomic E-state index is 11.5. The van der Waals surface area contributed by atoms with E-state index in [1.807, 2.05) is 6.07 Å². The van der Waals surface area contributed by atoms with Crippen molar-refractivity contribution >= 4 is 11.9 Å². The van der Waals surface area contributed by atoms with Crippen LogP contribution in [0.2, 0.25) is 0 Å². The van der Waals surface area contributed by atoms with Crippen LogP contribution in [0.25, 0.3) is 0 Å². The van der Waals surface area contributed by atoms with Gasteiger partial charge in [0.1, 0.15) is 5.75 Å². The van der Waals surface area contributed by atoms with E-state index in [2.05, 4.69) is 0 Å². The number of nitrogens with zero attached hydrogens (tertiary/aromatic N) is 1. The van der Waals surface area contributed by atoms with E-state index >= 15 is 0 Å². The first-order valence-electron chi connectivity index (χ1n) is 5.70. The highest BCUT2D eigenvalue weighted by Gasteiger charge is 2.10. The quantitative estimate of drug-likeness (QED) is 0.439. The third-order valence-electron chi connectivity index (χ3n) is 2.37. The molecule has 0 aliphatic rings. The van der Waals surface area contributed by atoms with Crippen LogP contribution in [0.4, 0.5) is 0 Å². The molecule has 0 bridgehead atoms.